The number of nitrogens with two attached hydrogens (primary N) is 1. The van der Waals surface area contributed by atoms with Crippen LogP contribution in [-0.4, -0.2) is 7.11 Å². The first kappa shape index (κ1) is 15.0. The zero-order chi connectivity index (χ0) is 14.5. The lowest BCUT2D eigenvalue weighted by molar-refractivity contribution is 0.297. The van der Waals surface area contributed by atoms with Gasteiger partial charge < -0.3 is 15.2 Å². The Bertz CT molecular complexity index is 582. The number of ether oxygens (including phenoxy) is 2. The van der Waals surface area contributed by atoms with Gasteiger partial charge in [0.25, 0.3) is 0 Å². The lowest BCUT2D eigenvalue weighted by Gasteiger charge is -2.13. The van der Waals surface area contributed by atoms with E-state index in [-0.39, 0.29) is 0 Å². The van der Waals surface area contributed by atoms with Crippen LogP contribution in [0.2, 0.25) is 10.0 Å². The standard InChI is InChI=1S/C15H15Cl2NO2/c1-19-14-6-5-10(8-18)7-11(14)9-20-15-12(16)3-2-4-13(15)17/h2-7H,8-9,18H2,1H3. The molecule has 0 saturated heterocycles. The highest BCUT2D eigenvalue weighted by atomic mass is 35.5. The van der Waals surface area contributed by atoms with Crippen LogP contribution >= 0.6 is 23.2 Å². The molecule has 0 aliphatic heterocycles. The predicted molar refractivity (Wildman–Crippen MR) is 81.7 cm³/mol. The summed E-state index contributed by atoms with van der Waals surface area (Å²) >= 11 is 12.1. The molecule has 0 aromatic heterocycles. The normalized spacial score (nSPS) is 10.4. The minimum atomic E-state index is 0.306. The molecule has 20 heavy (non-hydrogen) atoms. The van der Waals surface area contributed by atoms with Gasteiger partial charge in [-0.1, -0.05) is 35.3 Å². The summed E-state index contributed by atoms with van der Waals surface area (Å²) in [7, 11) is 1.61. The molecule has 2 aromatic rings. The maximum atomic E-state index is 6.07. The molecule has 0 spiro atoms. The number of methoxy groups -OCH3 is 1. The van der Waals surface area contributed by atoms with Gasteiger partial charge in [0.2, 0.25) is 0 Å². The lowest BCUT2D eigenvalue weighted by Crippen LogP contribution is -2.03. The molecule has 2 rings (SSSR count). The van der Waals surface area contributed by atoms with Crippen LogP contribution in [-0.2, 0) is 13.2 Å². The van der Waals surface area contributed by atoms with E-state index in [1.807, 2.05) is 18.2 Å². The second-order valence-electron chi connectivity index (χ2n) is 4.19. The lowest BCUT2D eigenvalue weighted by atomic mass is 10.1. The van der Waals surface area contributed by atoms with Crippen molar-refractivity contribution in [2.45, 2.75) is 13.2 Å². The van der Waals surface area contributed by atoms with Gasteiger partial charge in [-0.15, -0.1) is 0 Å². The second-order valence-corrected chi connectivity index (χ2v) is 5.00. The third-order valence-electron chi connectivity index (χ3n) is 2.87. The van der Waals surface area contributed by atoms with E-state index in [0.29, 0.717) is 28.9 Å². The first-order chi connectivity index (χ1) is 9.65. The van der Waals surface area contributed by atoms with E-state index in [0.717, 1.165) is 16.9 Å². The van der Waals surface area contributed by atoms with Crippen LogP contribution in [0, 0.1) is 0 Å². The molecule has 106 valence electrons. The summed E-state index contributed by atoms with van der Waals surface area (Å²) in [5.74, 6) is 1.21. The van der Waals surface area contributed by atoms with Crippen LogP contribution in [0.25, 0.3) is 0 Å². The van der Waals surface area contributed by atoms with Crippen molar-refractivity contribution in [3.05, 3.63) is 57.6 Å². The average molecular weight is 312 g/mol. The van der Waals surface area contributed by atoms with E-state index in [1.165, 1.54) is 0 Å². The summed E-state index contributed by atoms with van der Waals surface area (Å²) in [6, 6.07) is 11.0. The molecule has 0 fully saturated rings. The van der Waals surface area contributed by atoms with Gasteiger partial charge in [-0.05, 0) is 29.8 Å². The number of rotatable bonds is 5. The predicted octanol–water partition coefficient (Wildman–Crippen LogP) is 4.04. The van der Waals surface area contributed by atoms with Crippen molar-refractivity contribution in [1.82, 2.24) is 0 Å². The Hall–Kier alpha value is -1.42. The van der Waals surface area contributed by atoms with E-state index < -0.39 is 0 Å². The van der Waals surface area contributed by atoms with Crippen molar-refractivity contribution >= 4 is 23.2 Å². The smallest absolute Gasteiger partial charge is 0.156 e. The Morgan fingerprint density at radius 1 is 1.10 bits per heavy atom. The molecular weight excluding hydrogens is 297 g/mol. The molecule has 0 amide bonds. The zero-order valence-electron chi connectivity index (χ0n) is 11.0. The fourth-order valence-corrected chi connectivity index (χ4v) is 2.35. The fraction of sp³-hybridized carbons (Fsp3) is 0.200. The van der Waals surface area contributed by atoms with Gasteiger partial charge >= 0.3 is 0 Å². The molecule has 0 unspecified atom stereocenters. The summed E-state index contributed by atoms with van der Waals surface area (Å²) in [5.41, 5.74) is 7.55. The van der Waals surface area contributed by atoms with Gasteiger partial charge in [0.1, 0.15) is 12.4 Å². The Morgan fingerprint density at radius 2 is 1.80 bits per heavy atom. The molecule has 2 N–H and O–H groups in total. The van der Waals surface area contributed by atoms with Crippen molar-refractivity contribution in [3.8, 4) is 11.5 Å². The number of benzene rings is 2. The molecule has 2 aromatic carbocycles. The van der Waals surface area contributed by atoms with E-state index in [2.05, 4.69) is 0 Å². The number of para-hydroxylation sites is 1. The Labute approximate surface area is 128 Å². The average Bonchev–Trinajstić information content (AvgIpc) is 2.46. The number of hydrogen-bond donors (Lipinski definition) is 1. The molecule has 0 aliphatic rings. The van der Waals surface area contributed by atoms with Crippen molar-refractivity contribution < 1.29 is 9.47 Å². The molecule has 0 atom stereocenters. The molecule has 0 radical (unpaired) electrons. The van der Waals surface area contributed by atoms with Crippen molar-refractivity contribution in [2.75, 3.05) is 7.11 Å². The molecule has 0 heterocycles. The largest absolute Gasteiger partial charge is 0.496 e. The topological polar surface area (TPSA) is 44.5 Å². The highest BCUT2D eigenvalue weighted by Crippen LogP contribution is 2.33. The summed E-state index contributed by atoms with van der Waals surface area (Å²) in [4.78, 5) is 0. The fourth-order valence-electron chi connectivity index (χ4n) is 1.84. The molecule has 5 heteroatoms. The Balaban J connectivity index is 2.22. The van der Waals surface area contributed by atoms with Crippen LogP contribution in [0.4, 0.5) is 0 Å². The maximum Gasteiger partial charge on any atom is 0.156 e. The van der Waals surface area contributed by atoms with Gasteiger partial charge in [0, 0.05) is 12.1 Å². The monoisotopic (exact) mass is 311 g/mol. The highest BCUT2D eigenvalue weighted by molar-refractivity contribution is 6.37. The summed E-state index contributed by atoms with van der Waals surface area (Å²) < 4.78 is 11.0. The van der Waals surface area contributed by atoms with E-state index in [9.17, 15) is 0 Å². The van der Waals surface area contributed by atoms with Crippen LogP contribution in [0.3, 0.4) is 0 Å². The SMILES string of the molecule is COc1ccc(CN)cc1COc1c(Cl)cccc1Cl. The van der Waals surface area contributed by atoms with E-state index in [4.69, 9.17) is 38.4 Å². The second kappa shape index (κ2) is 6.84. The third kappa shape index (κ3) is 3.37. The molecule has 3 nitrogen and oxygen atoms in total. The minimum absolute atomic E-state index is 0.306. The van der Waals surface area contributed by atoms with Crippen LogP contribution in [0.5, 0.6) is 11.5 Å². The zero-order valence-corrected chi connectivity index (χ0v) is 12.5. The Morgan fingerprint density at radius 3 is 2.40 bits per heavy atom. The quantitative estimate of drug-likeness (QED) is 0.906. The summed E-state index contributed by atoms with van der Waals surface area (Å²) in [5, 5.41) is 0.956. The molecule has 0 bridgehead atoms. The van der Waals surface area contributed by atoms with Gasteiger partial charge in [-0.25, -0.2) is 0 Å². The first-order valence-corrected chi connectivity index (χ1v) is 6.84. The van der Waals surface area contributed by atoms with E-state index >= 15 is 0 Å². The van der Waals surface area contributed by atoms with Gasteiger partial charge in [-0.2, -0.15) is 0 Å². The van der Waals surface area contributed by atoms with Crippen LogP contribution in [0.15, 0.2) is 36.4 Å². The molecule has 0 aliphatic carbocycles. The highest BCUT2D eigenvalue weighted by Gasteiger charge is 2.09. The maximum absolute atomic E-state index is 6.07. The van der Waals surface area contributed by atoms with Gasteiger partial charge in [-0.3, -0.25) is 0 Å². The van der Waals surface area contributed by atoms with Crippen molar-refractivity contribution in [3.63, 3.8) is 0 Å². The minimum Gasteiger partial charge on any atom is -0.496 e. The first-order valence-electron chi connectivity index (χ1n) is 6.08. The Kier molecular flexibility index (Phi) is 5.12. The van der Waals surface area contributed by atoms with Crippen LogP contribution in [0.1, 0.15) is 11.1 Å². The summed E-state index contributed by atoms with van der Waals surface area (Å²) in [6.45, 7) is 0.768. The van der Waals surface area contributed by atoms with E-state index in [1.54, 1.807) is 25.3 Å². The number of hydrogen-bond acceptors (Lipinski definition) is 3. The number of halogens is 2. The van der Waals surface area contributed by atoms with Gasteiger partial charge in [0.05, 0.1) is 17.2 Å². The third-order valence-corrected chi connectivity index (χ3v) is 3.47. The van der Waals surface area contributed by atoms with Crippen LogP contribution < -0.4 is 15.2 Å². The molecule has 0 saturated carbocycles. The summed E-state index contributed by atoms with van der Waals surface area (Å²) in [6.07, 6.45) is 0. The van der Waals surface area contributed by atoms with Crippen molar-refractivity contribution in [1.29, 1.82) is 0 Å². The van der Waals surface area contributed by atoms with Gasteiger partial charge in [0.15, 0.2) is 5.75 Å². The molecular formula is C15H15Cl2NO2. The van der Waals surface area contributed by atoms with Crippen molar-refractivity contribution in [2.24, 2.45) is 5.73 Å².